The van der Waals surface area contributed by atoms with E-state index in [2.05, 4.69) is 0 Å². The zero-order chi connectivity index (χ0) is 12.5. The molecule has 1 aromatic rings. The lowest BCUT2D eigenvalue weighted by atomic mass is 9.83. The van der Waals surface area contributed by atoms with E-state index in [4.69, 9.17) is 0 Å². The summed E-state index contributed by atoms with van der Waals surface area (Å²) in [7, 11) is 0. The second-order valence-electron chi connectivity index (χ2n) is 4.91. The molecule has 0 heterocycles. The van der Waals surface area contributed by atoms with Gasteiger partial charge < -0.3 is 0 Å². The molecule has 2 rings (SSSR count). The normalized spacial score (nSPS) is 18.4. The summed E-state index contributed by atoms with van der Waals surface area (Å²) in [5, 5.41) is 0. The molecule has 1 aromatic carbocycles. The SMILES string of the molecule is Cc1cc(C2CCCCC2)ccc1C(F)(F)F. The van der Waals surface area contributed by atoms with Gasteiger partial charge in [-0.15, -0.1) is 0 Å². The van der Waals surface area contributed by atoms with Crippen LogP contribution in [0, 0.1) is 6.92 Å². The summed E-state index contributed by atoms with van der Waals surface area (Å²) in [4.78, 5) is 0. The van der Waals surface area contributed by atoms with Crippen molar-refractivity contribution < 1.29 is 13.2 Å². The molecule has 0 aliphatic heterocycles. The number of rotatable bonds is 1. The summed E-state index contributed by atoms with van der Waals surface area (Å²) in [6.45, 7) is 1.55. The van der Waals surface area contributed by atoms with Crippen LogP contribution in [0.15, 0.2) is 18.2 Å². The standard InChI is InChI=1S/C14H17F3/c1-10-9-12(11-5-3-2-4-6-11)7-8-13(10)14(15,16)17/h7-9,11H,2-6H2,1H3. The minimum Gasteiger partial charge on any atom is -0.166 e. The van der Waals surface area contributed by atoms with Gasteiger partial charge >= 0.3 is 6.18 Å². The molecule has 0 nitrogen and oxygen atoms in total. The number of aryl methyl sites for hydroxylation is 1. The Bertz CT molecular complexity index is 387. The van der Waals surface area contributed by atoms with Crippen LogP contribution in [-0.4, -0.2) is 0 Å². The van der Waals surface area contributed by atoms with Crippen LogP contribution < -0.4 is 0 Å². The Hall–Kier alpha value is -0.990. The highest BCUT2D eigenvalue weighted by Crippen LogP contribution is 2.36. The lowest BCUT2D eigenvalue weighted by molar-refractivity contribution is -0.138. The van der Waals surface area contributed by atoms with Gasteiger partial charge in [0.1, 0.15) is 0 Å². The van der Waals surface area contributed by atoms with Crippen LogP contribution in [0.4, 0.5) is 13.2 Å². The molecule has 0 aromatic heterocycles. The van der Waals surface area contributed by atoms with Gasteiger partial charge in [0.2, 0.25) is 0 Å². The number of halogens is 3. The minimum atomic E-state index is -4.23. The lowest BCUT2D eigenvalue weighted by Gasteiger charge is -2.23. The van der Waals surface area contributed by atoms with E-state index < -0.39 is 11.7 Å². The van der Waals surface area contributed by atoms with Crippen LogP contribution in [0.3, 0.4) is 0 Å². The molecule has 94 valence electrons. The van der Waals surface area contributed by atoms with Crippen molar-refractivity contribution in [3.8, 4) is 0 Å². The van der Waals surface area contributed by atoms with Gasteiger partial charge in [-0.1, -0.05) is 31.4 Å². The highest BCUT2D eigenvalue weighted by Gasteiger charge is 2.32. The Kier molecular flexibility index (Phi) is 3.45. The van der Waals surface area contributed by atoms with Crippen LogP contribution in [0.5, 0.6) is 0 Å². The van der Waals surface area contributed by atoms with Crippen LogP contribution in [0.25, 0.3) is 0 Å². The van der Waals surface area contributed by atoms with Crippen molar-refractivity contribution in [1.29, 1.82) is 0 Å². The quantitative estimate of drug-likeness (QED) is 0.645. The maximum absolute atomic E-state index is 12.6. The summed E-state index contributed by atoms with van der Waals surface area (Å²) in [6, 6.07) is 4.61. The molecular formula is C14H17F3. The van der Waals surface area contributed by atoms with Gasteiger partial charge in [-0.25, -0.2) is 0 Å². The molecule has 1 fully saturated rings. The topological polar surface area (TPSA) is 0 Å². The van der Waals surface area contributed by atoms with Gasteiger partial charge in [-0.3, -0.25) is 0 Å². The smallest absolute Gasteiger partial charge is 0.166 e. The van der Waals surface area contributed by atoms with E-state index in [1.54, 1.807) is 19.1 Å². The van der Waals surface area contributed by atoms with E-state index in [-0.39, 0.29) is 0 Å². The van der Waals surface area contributed by atoms with Gasteiger partial charge in [-0.2, -0.15) is 13.2 Å². The Labute approximate surface area is 99.8 Å². The van der Waals surface area contributed by atoms with Crippen molar-refractivity contribution in [1.82, 2.24) is 0 Å². The van der Waals surface area contributed by atoms with E-state index in [9.17, 15) is 13.2 Å². The number of benzene rings is 1. The average Bonchev–Trinajstić information content (AvgIpc) is 2.28. The minimum absolute atomic E-state index is 0.348. The second-order valence-corrected chi connectivity index (χ2v) is 4.91. The van der Waals surface area contributed by atoms with Gasteiger partial charge in [0.05, 0.1) is 5.56 Å². The predicted octanol–water partition coefficient (Wildman–Crippen LogP) is 5.06. The zero-order valence-electron chi connectivity index (χ0n) is 9.98. The fourth-order valence-electron chi connectivity index (χ4n) is 2.69. The molecular weight excluding hydrogens is 225 g/mol. The Morgan fingerprint density at radius 2 is 1.71 bits per heavy atom. The molecule has 1 aliphatic rings. The molecule has 0 radical (unpaired) electrons. The Morgan fingerprint density at radius 1 is 1.06 bits per heavy atom. The summed E-state index contributed by atoms with van der Waals surface area (Å²) < 4.78 is 37.9. The molecule has 1 saturated carbocycles. The molecule has 0 saturated heterocycles. The van der Waals surface area contributed by atoms with Crippen molar-refractivity contribution in [2.75, 3.05) is 0 Å². The van der Waals surface area contributed by atoms with Crippen LogP contribution in [-0.2, 0) is 6.18 Å². The molecule has 3 heteroatoms. The maximum Gasteiger partial charge on any atom is 0.416 e. The maximum atomic E-state index is 12.6. The van der Waals surface area contributed by atoms with Crippen LogP contribution >= 0.6 is 0 Å². The molecule has 0 amide bonds. The highest BCUT2D eigenvalue weighted by molar-refractivity contribution is 5.34. The van der Waals surface area contributed by atoms with E-state index >= 15 is 0 Å². The molecule has 0 bridgehead atoms. The van der Waals surface area contributed by atoms with Crippen molar-refractivity contribution >= 4 is 0 Å². The van der Waals surface area contributed by atoms with E-state index in [1.807, 2.05) is 0 Å². The van der Waals surface area contributed by atoms with E-state index in [0.29, 0.717) is 11.5 Å². The first-order valence-electron chi connectivity index (χ1n) is 6.16. The Balaban J connectivity index is 2.24. The monoisotopic (exact) mass is 242 g/mol. The predicted molar refractivity (Wildman–Crippen MR) is 62.0 cm³/mol. The molecule has 0 N–H and O–H groups in total. The van der Waals surface area contributed by atoms with Crippen molar-refractivity contribution in [2.24, 2.45) is 0 Å². The van der Waals surface area contributed by atoms with Gasteiger partial charge in [0.15, 0.2) is 0 Å². The van der Waals surface area contributed by atoms with E-state index in [0.717, 1.165) is 18.4 Å². The summed E-state index contributed by atoms with van der Waals surface area (Å²) in [6.07, 6.45) is 1.66. The van der Waals surface area contributed by atoms with E-state index in [1.165, 1.54) is 25.3 Å². The van der Waals surface area contributed by atoms with Crippen molar-refractivity contribution in [3.63, 3.8) is 0 Å². The first-order valence-corrected chi connectivity index (χ1v) is 6.16. The Morgan fingerprint density at radius 3 is 2.24 bits per heavy atom. The molecule has 17 heavy (non-hydrogen) atoms. The van der Waals surface area contributed by atoms with Gasteiger partial charge in [0.25, 0.3) is 0 Å². The summed E-state index contributed by atoms with van der Waals surface area (Å²) in [5.74, 6) is 0.463. The fraction of sp³-hybridized carbons (Fsp3) is 0.571. The summed E-state index contributed by atoms with van der Waals surface area (Å²) >= 11 is 0. The van der Waals surface area contributed by atoms with Crippen LogP contribution in [0.1, 0.15) is 54.7 Å². The van der Waals surface area contributed by atoms with Crippen molar-refractivity contribution in [2.45, 2.75) is 51.1 Å². The first-order chi connectivity index (χ1) is 7.98. The molecule has 1 aliphatic carbocycles. The third-order valence-corrected chi connectivity index (χ3v) is 3.63. The summed E-state index contributed by atoms with van der Waals surface area (Å²) in [5.41, 5.74) is 0.924. The largest absolute Gasteiger partial charge is 0.416 e. The molecule has 0 spiro atoms. The molecule has 0 atom stereocenters. The van der Waals surface area contributed by atoms with Crippen LogP contribution in [0.2, 0.25) is 0 Å². The van der Waals surface area contributed by atoms with Gasteiger partial charge in [0, 0.05) is 0 Å². The lowest BCUT2D eigenvalue weighted by Crippen LogP contribution is -2.10. The molecule has 0 unspecified atom stereocenters. The number of hydrogen-bond acceptors (Lipinski definition) is 0. The average molecular weight is 242 g/mol. The van der Waals surface area contributed by atoms with Gasteiger partial charge in [-0.05, 0) is 42.9 Å². The number of hydrogen-bond donors (Lipinski definition) is 0. The fourth-order valence-corrected chi connectivity index (χ4v) is 2.69. The highest BCUT2D eigenvalue weighted by atomic mass is 19.4. The second kappa shape index (κ2) is 4.71. The first kappa shape index (κ1) is 12.5. The van der Waals surface area contributed by atoms with Crippen molar-refractivity contribution in [3.05, 3.63) is 34.9 Å². The third-order valence-electron chi connectivity index (χ3n) is 3.63. The zero-order valence-corrected chi connectivity index (χ0v) is 9.98. The third kappa shape index (κ3) is 2.82. The number of alkyl halides is 3.